The molecule has 0 unspecified atom stereocenters. The third kappa shape index (κ3) is 2.37. The summed E-state index contributed by atoms with van der Waals surface area (Å²) >= 11 is 0. The predicted octanol–water partition coefficient (Wildman–Crippen LogP) is 1.93. The van der Waals surface area contributed by atoms with Gasteiger partial charge >= 0.3 is 5.97 Å². The van der Waals surface area contributed by atoms with E-state index in [2.05, 4.69) is 10.3 Å². The van der Waals surface area contributed by atoms with Crippen LogP contribution in [0.25, 0.3) is 0 Å². The van der Waals surface area contributed by atoms with Gasteiger partial charge in [-0.2, -0.15) is 0 Å². The molecule has 0 aliphatic carbocycles. The zero-order valence-electron chi connectivity index (χ0n) is 9.51. The lowest BCUT2D eigenvalue weighted by Gasteiger charge is -2.04. The van der Waals surface area contributed by atoms with Crippen LogP contribution in [0.3, 0.4) is 0 Å². The molecule has 0 saturated carbocycles. The molecule has 2 aromatic rings. The molecule has 0 saturated heterocycles. The van der Waals surface area contributed by atoms with Gasteiger partial charge in [0.05, 0.1) is 11.4 Å². The molecular formula is C12H10N2O4. The number of aromatic nitrogens is 1. The molecule has 1 amide bonds. The van der Waals surface area contributed by atoms with E-state index in [1.807, 2.05) is 0 Å². The van der Waals surface area contributed by atoms with Crippen molar-refractivity contribution in [2.45, 2.75) is 6.92 Å². The maximum atomic E-state index is 11.8. The first-order valence-corrected chi connectivity index (χ1v) is 5.14. The van der Waals surface area contributed by atoms with E-state index in [1.54, 1.807) is 25.3 Å². The molecule has 0 aliphatic heterocycles. The Bertz CT molecular complexity index is 604. The van der Waals surface area contributed by atoms with Gasteiger partial charge in [-0.1, -0.05) is 0 Å². The second kappa shape index (κ2) is 4.70. The summed E-state index contributed by atoms with van der Waals surface area (Å²) in [5.74, 6) is -2.07. The standard InChI is InChI=1S/C12H10N2O4/c1-7-8(3-2-6-13-7)14-11(15)9-4-5-10(18-9)12(16)17/h2-6H,1H3,(H,14,15)(H,16,17). The number of hydrogen-bond donors (Lipinski definition) is 2. The van der Waals surface area contributed by atoms with Gasteiger partial charge in [-0.05, 0) is 31.2 Å². The number of nitrogens with zero attached hydrogens (tertiary/aromatic N) is 1. The number of amides is 1. The largest absolute Gasteiger partial charge is 0.475 e. The number of carboxylic acids is 1. The number of nitrogens with one attached hydrogen (secondary N) is 1. The molecule has 0 atom stereocenters. The van der Waals surface area contributed by atoms with Crippen molar-refractivity contribution in [3.63, 3.8) is 0 Å². The Labute approximate surface area is 102 Å². The van der Waals surface area contributed by atoms with Crippen molar-refractivity contribution >= 4 is 17.6 Å². The van der Waals surface area contributed by atoms with Crippen molar-refractivity contribution in [2.24, 2.45) is 0 Å². The molecule has 0 spiro atoms. The van der Waals surface area contributed by atoms with Crippen LogP contribution in [0.4, 0.5) is 5.69 Å². The number of anilines is 1. The summed E-state index contributed by atoms with van der Waals surface area (Å²) < 4.78 is 4.89. The number of pyridine rings is 1. The summed E-state index contributed by atoms with van der Waals surface area (Å²) in [6.07, 6.45) is 1.61. The number of aryl methyl sites for hydroxylation is 1. The maximum absolute atomic E-state index is 11.8. The summed E-state index contributed by atoms with van der Waals surface area (Å²) in [6, 6.07) is 5.92. The fraction of sp³-hybridized carbons (Fsp3) is 0.0833. The molecule has 6 nitrogen and oxygen atoms in total. The molecule has 2 rings (SSSR count). The molecule has 2 aromatic heterocycles. The Kier molecular flexibility index (Phi) is 3.09. The van der Waals surface area contributed by atoms with Crippen molar-refractivity contribution < 1.29 is 19.1 Å². The summed E-state index contributed by atoms with van der Waals surface area (Å²) in [6.45, 7) is 1.75. The number of aromatic carboxylic acids is 1. The minimum atomic E-state index is -1.22. The SMILES string of the molecule is Cc1ncccc1NC(=O)c1ccc(C(=O)O)o1. The van der Waals surface area contributed by atoms with Crippen LogP contribution in [0, 0.1) is 6.92 Å². The first-order valence-electron chi connectivity index (χ1n) is 5.14. The molecule has 0 radical (unpaired) electrons. The van der Waals surface area contributed by atoms with E-state index in [4.69, 9.17) is 9.52 Å². The highest BCUT2D eigenvalue weighted by atomic mass is 16.4. The number of carbonyl (C=O) groups is 2. The highest BCUT2D eigenvalue weighted by molar-refractivity contribution is 6.03. The van der Waals surface area contributed by atoms with Crippen molar-refractivity contribution in [2.75, 3.05) is 5.32 Å². The van der Waals surface area contributed by atoms with E-state index in [1.165, 1.54) is 12.1 Å². The van der Waals surface area contributed by atoms with E-state index in [0.29, 0.717) is 11.4 Å². The molecule has 6 heteroatoms. The van der Waals surface area contributed by atoms with Gasteiger partial charge in [-0.25, -0.2) is 4.79 Å². The highest BCUT2D eigenvalue weighted by Crippen LogP contribution is 2.14. The molecule has 18 heavy (non-hydrogen) atoms. The van der Waals surface area contributed by atoms with Crippen LogP contribution in [0.2, 0.25) is 0 Å². The van der Waals surface area contributed by atoms with Gasteiger partial charge in [-0.3, -0.25) is 9.78 Å². The van der Waals surface area contributed by atoms with Crippen molar-refractivity contribution in [3.8, 4) is 0 Å². The van der Waals surface area contributed by atoms with Gasteiger partial charge in [0.15, 0.2) is 5.76 Å². The third-order valence-electron chi connectivity index (χ3n) is 2.30. The average molecular weight is 246 g/mol. The van der Waals surface area contributed by atoms with E-state index in [0.717, 1.165) is 0 Å². The Morgan fingerprint density at radius 3 is 2.61 bits per heavy atom. The van der Waals surface area contributed by atoms with Crippen LogP contribution in [0.15, 0.2) is 34.9 Å². The van der Waals surface area contributed by atoms with Gasteiger partial charge in [0.2, 0.25) is 5.76 Å². The molecule has 0 bridgehead atoms. The Morgan fingerprint density at radius 2 is 2.00 bits per heavy atom. The third-order valence-corrected chi connectivity index (χ3v) is 2.30. The van der Waals surface area contributed by atoms with Crippen molar-refractivity contribution in [1.82, 2.24) is 4.98 Å². The number of furan rings is 1. The fourth-order valence-electron chi connectivity index (χ4n) is 1.38. The topological polar surface area (TPSA) is 92.4 Å². The van der Waals surface area contributed by atoms with E-state index in [9.17, 15) is 9.59 Å². The van der Waals surface area contributed by atoms with Crippen molar-refractivity contribution in [1.29, 1.82) is 0 Å². The fourth-order valence-corrected chi connectivity index (χ4v) is 1.38. The van der Waals surface area contributed by atoms with Gasteiger partial charge in [0.25, 0.3) is 5.91 Å². The minimum absolute atomic E-state index is 0.0596. The van der Waals surface area contributed by atoms with Crippen LogP contribution in [-0.4, -0.2) is 22.0 Å². The summed E-state index contributed by atoms with van der Waals surface area (Å²) in [5, 5.41) is 11.3. The Balaban J connectivity index is 2.17. The second-order valence-corrected chi connectivity index (χ2v) is 3.56. The van der Waals surface area contributed by atoms with Crippen LogP contribution in [-0.2, 0) is 0 Å². The molecule has 2 heterocycles. The highest BCUT2D eigenvalue weighted by Gasteiger charge is 2.15. The summed E-state index contributed by atoms with van der Waals surface area (Å²) in [7, 11) is 0. The lowest BCUT2D eigenvalue weighted by molar-refractivity contribution is 0.0660. The second-order valence-electron chi connectivity index (χ2n) is 3.56. The first kappa shape index (κ1) is 11.8. The first-order chi connectivity index (χ1) is 8.58. The number of rotatable bonds is 3. The Morgan fingerprint density at radius 1 is 1.28 bits per heavy atom. The van der Waals surface area contributed by atoms with E-state index < -0.39 is 11.9 Å². The summed E-state index contributed by atoms with van der Waals surface area (Å²) in [4.78, 5) is 26.4. The molecule has 92 valence electrons. The number of carbonyl (C=O) groups excluding carboxylic acids is 1. The van der Waals surface area contributed by atoms with Crippen LogP contribution in [0.5, 0.6) is 0 Å². The lowest BCUT2D eigenvalue weighted by Crippen LogP contribution is -2.12. The zero-order chi connectivity index (χ0) is 13.1. The maximum Gasteiger partial charge on any atom is 0.371 e. The number of hydrogen-bond acceptors (Lipinski definition) is 4. The van der Waals surface area contributed by atoms with Crippen LogP contribution in [0.1, 0.15) is 26.8 Å². The van der Waals surface area contributed by atoms with Gasteiger partial charge in [-0.15, -0.1) is 0 Å². The van der Waals surface area contributed by atoms with Gasteiger partial charge in [0, 0.05) is 6.20 Å². The predicted molar refractivity (Wildman–Crippen MR) is 62.6 cm³/mol. The van der Waals surface area contributed by atoms with Gasteiger partial charge in [0.1, 0.15) is 0 Å². The lowest BCUT2D eigenvalue weighted by atomic mass is 10.3. The van der Waals surface area contributed by atoms with Crippen LogP contribution >= 0.6 is 0 Å². The van der Waals surface area contributed by atoms with Crippen LogP contribution < -0.4 is 5.32 Å². The summed E-state index contributed by atoms with van der Waals surface area (Å²) in [5.41, 5.74) is 1.21. The smallest absolute Gasteiger partial charge is 0.371 e. The minimum Gasteiger partial charge on any atom is -0.475 e. The normalized spacial score (nSPS) is 10.1. The monoisotopic (exact) mass is 246 g/mol. The Hall–Kier alpha value is -2.63. The molecule has 2 N–H and O–H groups in total. The molecule has 0 fully saturated rings. The molecule has 0 aliphatic rings. The zero-order valence-corrected chi connectivity index (χ0v) is 9.51. The average Bonchev–Trinajstić information content (AvgIpc) is 2.81. The molecular weight excluding hydrogens is 236 g/mol. The van der Waals surface area contributed by atoms with E-state index in [-0.39, 0.29) is 11.5 Å². The van der Waals surface area contributed by atoms with Gasteiger partial charge < -0.3 is 14.8 Å². The van der Waals surface area contributed by atoms with E-state index >= 15 is 0 Å². The number of carboxylic acid groups (broad SMARTS) is 1. The van der Waals surface area contributed by atoms with Crippen molar-refractivity contribution in [3.05, 3.63) is 47.7 Å². The quantitative estimate of drug-likeness (QED) is 0.863. The molecule has 0 aromatic carbocycles.